The highest BCUT2D eigenvalue weighted by Gasteiger charge is 2.52. The molecule has 1 nitrogen and oxygen atoms in total. The molecule has 0 amide bonds. The van der Waals surface area contributed by atoms with Gasteiger partial charge in [-0.25, -0.2) is 0 Å². The summed E-state index contributed by atoms with van der Waals surface area (Å²) in [5.41, 5.74) is 2.28. The number of allylic oxidation sites excluding steroid dienone is 1. The molecule has 2 saturated carbocycles. The Labute approximate surface area is 125 Å². The molecular formula is C19H32O. The van der Waals surface area contributed by atoms with Crippen LogP contribution in [0.5, 0.6) is 0 Å². The summed E-state index contributed by atoms with van der Waals surface area (Å²) >= 11 is 0. The van der Waals surface area contributed by atoms with Gasteiger partial charge in [0.25, 0.3) is 0 Å². The highest BCUT2D eigenvalue weighted by atomic mass is 16.3. The van der Waals surface area contributed by atoms with Crippen LogP contribution in [-0.2, 0) is 0 Å². The second kappa shape index (κ2) is 5.67. The molecule has 0 spiro atoms. The number of hydrogen-bond donors (Lipinski definition) is 1. The van der Waals surface area contributed by atoms with Gasteiger partial charge in [0.1, 0.15) is 0 Å². The van der Waals surface area contributed by atoms with Crippen LogP contribution in [0.4, 0.5) is 0 Å². The molecule has 4 unspecified atom stereocenters. The molecule has 1 N–H and O–H groups in total. The summed E-state index contributed by atoms with van der Waals surface area (Å²) < 4.78 is 0. The first-order chi connectivity index (χ1) is 9.31. The van der Waals surface area contributed by atoms with Crippen molar-refractivity contribution in [3.63, 3.8) is 0 Å². The van der Waals surface area contributed by atoms with E-state index in [0.717, 1.165) is 18.8 Å². The van der Waals surface area contributed by atoms with Crippen LogP contribution in [0.1, 0.15) is 65.7 Å². The standard InChI is InChI=1S/C19H32O/c1-6-15(20)9-10-16-14(2)8-11-17-18(3,4)12-7-13-19(16,17)5/h6,15-17,20H,1-2,7-13H2,3-5H3. The number of aliphatic hydroxyl groups is 1. The van der Waals surface area contributed by atoms with Crippen LogP contribution in [0.15, 0.2) is 24.8 Å². The van der Waals surface area contributed by atoms with Crippen LogP contribution in [0.2, 0.25) is 0 Å². The van der Waals surface area contributed by atoms with Crippen LogP contribution < -0.4 is 0 Å². The summed E-state index contributed by atoms with van der Waals surface area (Å²) in [5.74, 6) is 1.38. The highest BCUT2D eigenvalue weighted by molar-refractivity contribution is 5.15. The average molecular weight is 276 g/mol. The van der Waals surface area contributed by atoms with Crippen molar-refractivity contribution in [2.24, 2.45) is 22.7 Å². The van der Waals surface area contributed by atoms with Gasteiger partial charge in [0, 0.05) is 0 Å². The molecule has 2 fully saturated rings. The zero-order valence-corrected chi connectivity index (χ0v) is 13.6. The molecule has 0 radical (unpaired) electrons. The zero-order chi connectivity index (χ0) is 15.0. The van der Waals surface area contributed by atoms with Gasteiger partial charge in [-0.1, -0.05) is 45.4 Å². The van der Waals surface area contributed by atoms with E-state index >= 15 is 0 Å². The fourth-order valence-electron chi connectivity index (χ4n) is 5.26. The molecule has 20 heavy (non-hydrogen) atoms. The molecule has 0 aliphatic heterocycles. The molecule has 1 heteroatoms. The van der Waals surface area contributed by atoms with Crippen molar-refractivity contribution >= 4 is 0 Å². The Bertz CT molecular complexity index is 381. The van der Waals surface area contributed by atoms with Crippen LogP contribution in [0.25, 0.3) is 0 Å². The van der Waals surface area contributed by atoms with E-state index in [1.54, 1.807) is 6.08 Å². The normalized spacial score (nSPS) is 38.1. The Morgan fingerprint density at radius 1 is 1.35 bits per heavy atom. The quantitative estimate of drug-likeness (QED) is 0.707. The van der Waals surface area contributed by atoms with Gasteiger partial charge in [-0.05, 0) is 61.2 Å². The maximum Gasteiger partial charge on any atom is 0.0718 e. The van der Waals surface area contributed by atoms with Crippen LogP contribution in [0, 0.1) is 22.7 Å². The molecule has 114 valence electrons. The topological polar surface area (TPSA) is 20.2 Å². The van der Waals surface area contributed by atoms with Crippen LogP contribution in [0.3, 0.4) is 0 Å². The van der Waals surface area contributed by atoms with Gasteiger partial charge < -0.3 is 5.11 Å². The summed E-state index contributed by atoms with van der Waals surface area (Å²) in [7, 11) is 0. The Balaban J connectivity index is 2.19. The number of fused-ring (bicyclic) bond motifs is 1. The second-order valence-electron chi connectivity index (χ2n) is 8.03. The summed E-state index contributed by atoms with van der Waals surface area (Å²) in [6.07, 6.45) is 9.72. The third-order valence-corrected chi connectivity index (χ3v) is 6.34. The smallest absolute Gasteiger partial charge is 0.0718 e. The van der Waals surface area contributed by atoms with Gasteiger partial charge >= 0.3 is 0 Å². The highest BCUT2D eigenvalue weighted by Crippen LogP contribution is 2.61. The zero-order valence-electron chi connectivity index (χ0n) is 13.6. The van der Waals surface area contributed by atoms with Crippen molar-refractivity contribution in [2.45, 2.75) is 71.8 Å². The molecule has 2 rings (SSSR count). The van der Waals surface area contributed by atoms with E-state index in [1.165, 1.54) is 37.7 Å². The predicted octanol–water partition coefficient (Wildman–Crippen LogP) is 5.11. The Morgan fingerprint density at radius 3 is 2.70 bits per heavy atom. The van der Waals surface area contributed by atoms with Crippen molar-refractivity contribution in [2.75, 3.05) is 0 Å². The van der Waals surface area contributed by atoms with Gasteiger partial charge in [-0.2, -0.15) is 0 Å². The maximum absolute atomic E-state index is 9.81. The molecule has 0 aromatic heterocycles. The van der Waals surface area contributed by atoms with Crippen LogP contribution in [-0.4, -0.2) is 11.2 Å². The van der Waals surface area contributed by atoms with Crippen LogP contribution >= 0.6 is 0 Å². The van der Waals surface area contributed by atoms with E-state index < -0.39 is 0 Å². The third-order valence-electron chi connectivity index (χ3n) is 6.34. The largest absolute Gasteiger partial charge is 0.389 e. The monoisotopic (exact) mass is 276 g/mol. The van der Waals surface area contributed by atoms with E-state index in [2.05, 4.69) is 33.9 Å². The maximum atomic E-state index is 9.81. The van der Waals surface area contributed by atoms with Gasteiger partial charge in [0.15, 0.2) is 0 Å². The van der Waals surface area contributed by atoms with E-state index in [1.807, 2.05) is 0 Å². The summed E-state index contributed by atoms with van der Waals surface area (Å²) in [5, 5.41) is 9.81. The Kier molecular flexibility index (Phi) is 4.49. The molecule has 4 atom stereocenters. The fourth-order valence-corrected chi connectivity index (χ4v) is 5.26. The minimum absolute atomic E-state index is 0.358. The second-order valence-corrected chi connectivity index (χ2v) is 8.03. The lowest BCUT2D eigenvalue weighted by molar-refractivity contribution is -0.0559. The van der Waals surface area contributed by atoms with Gasteiger partial charge in [-0.3, -0.25) is 0 Å². The Morgan fingerprint density at radius 2 is 2.05 bits per heavy atom. The van der Waals surface area contributed by atoms with E-state index in [-0.39, 0.29) is 6.10 Å². The van der Waals surface area contributed by atoms with E-state index in [9.17, 15) is 5.11 Å². The Hall–Kier alpha value is -0.560. The molecule has 0 aromatic carbocycles. The van der Waals surface area contributed by atoms with Crippen molar-refractivity contribution in [3.8, 4) is 0 Å². The first-order valence-electron chi connectivity index (χ1n) is 8.29. The van der Waals surface area contributed by atoms with Gasteiger partial charge in [0.05, 0.1) is 6.10 Å². The average Bonchev–Trinajstić information content (AvgIpc) is 2.36. The van der Waals surface area contributed by atoms with Crippen molar-refractivity contribution < 1.29 is 5.11 Å². The molecule has 0 saturated heterocycles. The minimum Gasteiger partial charge on any atom is -0.389 e. The molecule has 0 heterocycles. The summed E-state index contributed by atoms with van der Waals surface area (Å²) in [6, 6.07) is 0. The number of rotatable bonds is 4. The summed E-state index contributed by atoms with van der Waals surface area (Å²) in [4.78, 5) is 0. The SMILES string of the molecule is C=CC(O)CCC1C(=C)CCC2C(C)(C)CCCC12C. The molecule has 0 bridgehead atoms. The number of hydrogen-bond acceptors (Lipinski definition) is 1. The van der Waals surface area contributed by atoms with Crippen molar-refractivity contribution in [3.05, 3.63) is 24.8 Å². The lowest BCUT2D eigenvalue weighted by Gasteiger charge is -2.58. The molecular weight excluding hydrogens is 244 g/mol. The number of aliphatic hydroxyl groups excluding tert-OH is 1. The first kappa shape index (κ1) is 15.8. The van der Waals surface area contributed by atoms with Crippen molar-refractivity contribution in [1.29, 1.82) is 0 Å². The van der Waals surface area contributed by atoms with Gasteiger partial charge in [0.2, 0.25) is 0 Å². The lowest BCUT2D eigenvalue weighted by atomic mass is 9.47. The van der Waals surface area contributed by atoms with Gasteiger partial charge in [-0.15, -0.1) is 6.58 Å². The third kappa shape index (κ3) is 2.74. The first-order valence-corrected chi connectivity index (χ1v) is 8.29. The molecule has 2 aliphatic carbocycles. The van der Waals surface area contributed by atoms with E-state index in [0.29, 0.717) is 16.7 Å². The predicted molar refractivity (Wildman–Crippen MR) is 86.5 cm³/mol. The summed E-state index contributed by atoms with van der Waals surface area (Å²) in [6.45, 7) is 15.5. The lowest BCUT2D eigenvalue weighted by Crippen LogP contribution is -2.49. The minimum atomic E-state index is -0.358. The molecule has 2 aliphatic rings. The van der Waals surface area contributed by atoms with Crippen molar-refractivity contribution in [1.82, 2.24) is 0 Å². The fraction of sp³-hybridized carbons (Fsp3) is 0.789. The van der Waals surface area contributed by atoms with E-state index in [4.69, 9.17) is 0 Å². The molecule has 0 aromatic rings.